The van der Waals surface area contributed by atoms with Crippen molar-refractivity contribution in [3.63, 3.8) is 0 Å². The first-order valence-corrected chi connectivity index (χ1v) is 6.40. The van der Waals surface area contributed by atoms with Crippen LogP contribution in [0.25, 0.3) is 0 Å². The Morgan fingerprint density at radius 1 is 1.50 bits per heavy atom. The summed E-state index contributed by atoms with van der Waals surface area (Å²) in [5.41, 5.74) is 6.20. The molecule has 0 aliphatic heterocycles. The fraction of sp³-hybridized carbons (Fsp3) is 0.500. The lowest BCUT2D eigenvalue weighted by Crippen LogP contribution is -2.35. The van der Waals surface area contributed by atoms with E-state index in [0.717, 1.165) is 18.5 Å². The Hall–Kier alpha value is -1.55. The Bertz CT molecular complexity index is 393. The normalized spacial score (nSPS) is 12.2. The largest absolute Gasteiger partial charge is 0.508 e. The van der Waals surface area contributed by atoms with E-state index in [1.165, 1.54) is 0 Å². The molecule has 18 heavy (non-hydrogen) atoms. The average Bonchev–Trinajstić information content (AvgIpc) is 2.36. The second kappa shape index (κ2) is 7.01. The smallest absolute Gasteiger partial charge is 0.229 e. The first kappa shape index (κ1) is 14.5. The van der Waals surface area contributed by atoms with Gasteiger partial charge in [-0.3, -0.25) is 4.79 Å². The van der Waals surface area contributed by atoms with E-state index in [-0.39, 0.29) is 17.6 Å². The highest BCUT2D eigenvalue weighted by molar-refractivity contribution is 5.94. The molecule has 0 spiro atoms. The lowest BCUT2D eigenvalue weighted by atomic mass is 10.0. The zero-order chi connectivity index (χ0) is 13.5. The molecule has 1 aromatic carbocycles. The number of carbonyl (C=O) groups is 1. The molecular weight excluding hydrogens is 228 g/mol. The maximum atomic E-state index is 12.3. The number of aromatic hydroxyl groups is 1. The Morgan fingerprint density at radius 3 is 2.78 bits per heavy atom. The molecule has 0 saturated heterocycles. The highest BCUT2D eigenvalue weighted by Gasteiger charge is 2.20. The van der Waals surface area contributed by atoms with Gasteiger partial charge in [0.25, 0.3) is 0 Å². The van der Waals surface area contributed by atoms with Crippen LogP contribution in [0.15, 0.2) is 24.3 Å². The zero-order valence-corrected chi connectivity index (χ0v) is 11.1. The molecule has 1 unspecified atom stereocenters. The molecule has 1 atom stereocenters. The quantitative estimate of drug-likeness (QED) is 0.812. The summed E-state index contributed by atoms with van der Waals surface area (Å²) in [4.78, 5) is 14.0. The van der Waals surface area contributed by atoms with Crippen LogP contribution in [0.3, 0.4) is 0 Å². The topological polar surface area (TPSA) is 66.6 Å². The van der Waals surface area contributed by atoms with Crippen molar-refractivity contribution in [2.24, 2.45) is 11.7 Å². The predicted octanol–water partition coefficient (Wildman–Crippen LogP) is 2.12. The number of hydrogen-bond acceptors (Lipinski definition) is 3. The van der Waals surface area contributed by atoms with Gasteiger partial charge >= 0.3 is 0 Å². The van der Waals surface area contributed by atoms with Crippen LogP contribution in [0, 0.1) is 5.92 Å². The molecule has 0 saturated carbocycles. The number of hydrogen-bond donors (Lipinski definition) is 2. The minimum absolute atomic E-state index is 0.0455. The standard InChI is InChI=1S/C14H22N2O2/c1-3-16(12-7-4-8-13(17)10-12)14(18)11(2)6-5-9-15/h4,7-8,10-11,17H,3,5-6,9,15H2,1-2H3. The number of nitrogens with zero attached hydrogens (tertiary/aromatic N) is 1. The van der Waals surface area contributed by atoms with Gasteiger partial charge in [0, 0.05) is 24.2 Å². The van der Waals surface area contributed by atoms with Crippen LogP contribution in [0.1, 0.15) is 26.7 Å². The number of anilines is 1. The summed E-state index contributed by atoms with van der Waals surface area (Å²) in [5.74, 6) is 0.209. The van der Waals surface area contributed by atoms with Crippen molar-refractivity contribution in [2.45, 2.75) is 26.7 Å². The fourth-order valence-corrected chi connectivity index (χ4v) is 1.94. The van der Waals surface area contributed by atoms with E-state index in [1.54, 1.807) is 23.1 Å². The molecule has 3 N–H and O–H groups in total. The van der Waals surface area contributed by atoms with Gasteiger partial charge < -0.3 is 15.7 Å². The van der Waals surface area contributed by atoms with Gasteiger partial charge in [-0.2, -0.15) is 0 Å². The van der Waals surface area contributed by atoms with Gasteiger partial charge in [-0.05, 0) is 38.4 Å². The Morgan fingerprint density at radius 2 is 2.22 bits per heavy atom. The lowest BCUT2D eigenvalue weighted by molar-refractivity contribution is -0.122. The molecule has 0 heterocycles. The van der Waals surface area contributed by atoms with E-state index >= 15 is 0 Å². The summed E-state index contributed by atoms with van der Waals surface area (Å²) >= 11 is 0. The van der Waals surface area contributed by atoms with Crippen LogP contribution in [0.2, 0.25) is 0 Å². The van der Waals surface area contributed by atoms with Crippen molar-refractivity contribution >= 4 is 11.6 Å². The predicted molar refractivity (Wildman–Crippen MR) is 73.6 cm³/mol. The van der Waals surface area contributed by atoms with Crippen molar-refractivity contribution in [3.8, 4) is 5.75 Å². The number of benzene rings is 1. The van der Waals surface area contributed by atoms with Crippen LogP contribution in [0.5, 0.6) is 5.75 Å². The molecule has 1 rings (SSSR count). The van der Waals surface area contributed by atoms with Crippen LogP contribution in [0.4, 0.5) is 5.69 Å². The molecule has 0 aromatic heterocycles. The summed E-state index contributed by atoms with van der Waals surface area (Å²) in [5, 5.41) is 9.46. The second-order valence-electron chi connectivity index (χ2n) is 4.43. The highest BCUT2D eigenvalue weighted by Crippen LogP contribution is 2.22. The van der Waals surface area contributed by atoms with E-state index in [9.17, 15) is 9.90 Å². The van der Waals surface area contributed by atoms with Gasteiger partial charge in [-0.1, -0.05) is 13.0 Å². The minimum atomic E-state index is -0.0455. The number of phenols is 1. The first-order valence-electron chi connectivity index (χ1n) is 6.40. The van der Waals surface area contributed by atoms with Gasteiger partial charge in [0.05, 0.1) is 0 Å². The van der Waals surface area contributed by atoms with Crippen molar-refractivity contribution < 1.29 is 9.90 Å². The SMILES string of the molecule is CCN(C(=O)C(C)CCCN)c1cccc(O)c1. The minimum Gasteiger partial charge on any atom is -0.508 e. The van der Waals surface area contributed by atoms with Gasteiger partial charge in [0.2, 0.25) is 5.91 Å². The monoisotopic (exact) mass is 250 g/mol. The molecular formula is C14H22N2O2. The Balaban J connectivity index is 2.79. The maximum Gasteiger partial charge on any atom is 0.229 e. The molecule has 0 aliphatic carbocycles. The first-order chi connectivity index (χ1) is 8.60. The molecule has 0 radical (unpaired) electrons. The Labute approximate surface area is 108 Å². The summed E-state index contributed by atoms with van der Waals surface area (Å²) in [6.07, 6.45) is 1.65. The van der Waals surface area contributed by atoms with Crippen molar-refractivity contribution in [3.05, 3.63) is 24.3 Å². The molecule has 0 aliphatic rings. The summed E-state index contributed by atoms with van der Waals surface area (Å²) in [6, 6.07) is 6.78. The third kappa shape index (κ3) is 3.74. The lowest BCUT2D eigenvalue weighted by Gasteiger charge is -2.24. The van der Waals surface area contributed by atoms with Crippen LogP contribution < -0.4 is 10.6 Å². The van der Waals surface area contributed by atoms with E-state index in [1.807, 2.05) is 19.9 Å². The summed E-state index contributed by atoms with van der Waals surface area (Å²) in [7, 11) is 0. The van der Waals surface area contributed by atoms with E-state index in [2.05, 4.69) is 0 Å². The third-order valence-corrected chi connectivity index (χ3v) is 2.99. The van der Waals surface area contributed by atoms with Crippen LogP contribution in [-0.2, 0) is 4.79 Å². The van der Waals surface area contributed by atoms with E-state index < -0.39 is 0 Å². The second-order valence-corrected chi connectivity index (χ2v) is 4.43. The molecule has 1 aromatic rings. The number of amides is 1. The van der Waals surface area contributed by atoms with E-state index in [4.69, 9.17) is 5.73 Å². The molecule has 0 bridgehead atoms. The average molecular weight is 250 g/mol. The number of carbonyl (C=O) groups excluding carboxylic acids is 1. The zero-order valence-electron chi connectivity index (χ0n) is 11.1. The highest BCUT2D eigenvalue weighted by atomic mass is 16.3. The van der Waals surface area contributed by atoms with Gasteiger partial charge in [0.1, 0.15) is 5.75 Å². The Kier molecular flexibility index (Phi) is 5.65. The molecule has 100 valence electrons. The fourth-order valence-electron chi connectivity index (χ4n) is 1.94. The molecule has 4 heteroatoms. The van der Waals surface area contributed by atoms with Gasteiger partial charge in [0.15, 0.2) is 0 Å². The number of phenolic OH excluding ortho intramolecular Hbond substituents is 1. The molecule has 0 fully saturated rings. The van der Waals surface area contributed by atoms with Crippen LogP contribution >= 0.6 is 0 Å². The van der Waals surface area contributed by atoms with Crippen molar-refractivity contribution in [1.29, 1.82) is 0 Å². The third-order valence-electron chi connectivity index (χ3n) is 2.99. The number of rotatable bonds is 6. The van der Waals surface area contributed by atoms with Crippen molar-refractivity contribution in [2.75, 3.05) is 18.0 Å². The summed E-state index contributed by atoms with van der Waals surface area (Å²) in [6.45, 7) is 5.05. The summed E-state index contributed by atoms with van der Waals surface area (Å²) < 4.78 is 0. The molecule has 4 nitrogen and oxygen atoms in total. The number of nitrogens with two attached hydrogens (primary N) is 1. The van der Waals surface area contributed by atoms with Crippen molar-refractivity contribution in [1.82, 2.24) is 0 Å². The van der Waals surface area contributed by atoms with Gasteiger partial charge in [-0.25, -0.2) is 0 Å². The van der Waals surface area contributed by atoms with Gasteiger partial charge in [-0.15, -0.1) is 0 Å². The molecule has 1 amide bonds. The maximum absolute atomic E-state index is 12.3. The van der Waals surface area contributed by atoms with E-state index in [0.29, 0.717) is 13.1 Å². The van der Waals surface area contributed by atoms with Crippen LogP contribution in [-0.4, -0.2) is 24.1 Å².